The summed E-state index contributed by atoms with van der Waals surface area (Å²) in [7, 11) is 0. The van der Waals surface area contributed by atoms with Crippen LogP contribution in [0.3, 0.4) is 0 Å². The van der Waals surface area contributed by atoms with E-state index in [0.717, 1.165) is 5.56 Å². The Morgan fingerprint density at radius 1 is 1.20 bits per heavy atom. The van der Waals surface area contributed by atoms with Gasteiger partial charge in [-0.2, -0.15) is 0 Å². The van der Waals surface area contributed by atoms with Gasteiger partial charge in [0.05, 0.1) is 6.26 Å². The first-order chi connectivity index (χ1) is 9.75. The molecule has 0 spiro atoms. The van der Waals surface area contributed by atoms with Gasteiger partial charge in [-0.25, -0.2) is 4.79 Å². The Morgan fingerprint density at radius 2 is 2.00 bits per heavy atom. The fourth-order valence-electron chi connectivity index (χ4n) is 1.62. The van der Waals surface area contributed by atoms with Gasteiger partial charge < -0.3 is 9.15 Å². The van der Waals surface area contributed by atoms with E-state index in [4.69, 9.17) is 9.15 Å². The third-order valence-corrected chi connectivity index (χ3v) is 2.69. The monoisotopic (exact) mass is 268 g/mol. The van der Waals surface area contributed by atoms with Crippen molar-refractivity contribution in [3.8, 4) is 0 Å². The summed E-state index contributed by atoms with van der Waals surface area (Å²) >= 11 is 0. The van der Waals surface area contributed by atoms with Gasteiger partial charge in [0.2, 0.25) is 0 Å². The summed E-state index contributed by atoms with van der Waals surface area (Å²) in [6.45, 7) is 3.86. The van der Waals surface area contributed by atoms with Gasteiger partial charge in [0.25, 0.3) is 0 Å². The standard InChI is InChI=1S/C17H16O3/c1-14(7-5-10-15-8-3-2-4-9-15)17(18)20-13-16-11-6-12-19-16/h2-6,8-12H,1,7,13H2. The highest BCUT2D eigenvalue weighted by molar-refractivity contribution is 5.88. The van der Waals surface area contributed by atoms with Crippen LogP contribution in [0.15, 0.2) is 71.4 Å². The minimum atomic E-state index is -0.404. The summed E-state index contributed by atoms with van der Waals surface area (Å²) in [6, 6.07) is 13.4. The number of ether oxygens (including phenoxy) is 1. The highest BCUT2D eigenvalue weighted by Gasteiger charge is 2.07. The molecule has 0 unspecified atom stereocenters. The average molecular weight is 268 g/mol. The number of benzene rings is 1. The molecule has 0 aliphatic heterocycles. The van der Waals surface area contributed by atoms with Gasteiger partial charge in [0.15, 0.2) is 0 Å². The number of hydrogen-bond acceptors (Lipinski definition) is 3. The fraction of sp³-hybridized carbons (Fsp3) is 0.118. The van der Waals surface area contributed by atoms with Crippen molar-refractivity contribution in [3.05, 3.63) is 78.3 Å². The van der Waals surface area contributed by atoms with Crippen LogP contribution in [-0.4, -0.2) is 5.97 Å². The molecule has 3 nitrogen and oxygen atoms in total. The molecular formula is C17H16O3. The van der Waals surface area contributed by atoms with Gasteiger partial charge in [-0.05, 0) is 24.1 Å². The van der Waals surface area contributed by atoms with E-state index in [1.54, 1.807) is 18.4 Å². The molecule has 0 fully saturated rings. The predicted molar refractivity (Wildman–Crippen MR) is 77.7 cm³/mol. The number of rotatable bonds is 6. The molecule has 3 heteroatoms. The third-order valence-electron chi connectivity index (χ3n) is 2.69. The van der Waals surface area contributed by atoms with Crippen molar-refractivity contribution >= 4 is 12.0 Å². The Morgan fingerprint density at radius 3 is 2.70 bits per heavy atom. The second-order valence-corrected chi connectivity index (χ2v) is 4.28. The molecule has 0 saturated carbocycles. The molecule has 0 N–H and O–H groups in total. The van der Waals surface area contributed by atoms with Gasteiger partial charge >= 0.3 is 5.97 Å². The Kier molecular flexibility index (Phi) is 4.95. The maximum atomic E-state index is 11.7. The predicted octanol–water partition coefficient (Wildman–Crippen LogP) is 3.98. The number of carbonyl (C=O) groups is 1. The Labute approximate surface area is 118 Å². The lowest BCUT2D eigenvalue weighted by atomic mass is 10.1. The average Bonchev–Trinajstić information content (AvgIpc) is 2.99. The molecule has 2 aromatic rings. The first kappa shape index (κ1) is 13.9. The molecule has 0 amide bonds. The van der Waals surface area contributed by atoms with E-state index < -0.39 is 5.97 Å². The molecule has 20 heavy (non-hydrogen) atoms. The van der Waals surface area contributed by atoms with Crippen LogP contribution in [0.2, 0.25) is 0 Å². The van der Waals surface area contributed by atoms with E-state index in [9.17, 15) is 4.79 Å². The normalized spacial score (nSPS) is 10.6. The van der Waals surface area contributed by atoms with Crippen molar-refractivity contribution < 1.29 is 13.9 Å². The Balaban J connectivity index is 1.76. The summed E-state index contributed by atoms with van der Waals surface area (Å²) in [5.41, 5.74) is 1.51. The quantitative estimate of drug-likeness (QED) is 0.587. The van der Waals surface area contributed by atoms with E-state index in [0.29, 0.717) is 17.8 Å². The van der Waals surface area contributed by atoms with Crippen molar-refractivity contribution in [2.75, 3.05) is 0 Å². The molecule has 1 heterocycles. The lowest BCUT2D eigenvalue weighted by molar-refractivity contribution is -0.140. The number of furan rings is 1. The highest BCUT2D eigenvalue weighted by Crippen LogP contribution is 2.09. The second kappa shape index (κ2) is 7.14. The smallest absolute Gasteiger partial charge is 0.334 e. The van der Waals surface area contributed by atoms with Crippen molar-refractivity contribution in [1.82, 2.24) is 0 Å². The number of esters is 1. The van der Waals surface area contributed by atoms with Crippen molar-refractivity contribution in [2.45, 2.75) is 13.0 Å². The summed E-state index contributed by atoms with van der Waals surface area (Å²) in [4.78, 5) is 11.7. The van der Waals surface area contributed by atoms with Crippen molar-refractivity contribution in [2.24, 2.45) is 0 Å². The molecular weight excluding hydrogens is 252 g/mol. The van der Waals surface area contributed by atoms with Crippen LogP contribution in [-0.2, 0) is 16.1 Å². The first-order valence-electron chi connectivity index (χ1n) is 6.34. The molecule has 0 saturated heterocycles. The summed E-state index contributed by atoms with van der Waals surface area (Å²) < 4.78 is 10.2. The molecule has 1 aromatic heterocycles. The van der Waals surface area contributed by atoms with Crippen LogP contribution >= 0.6 is 0 Å². The van der Waals surface area contributed by atoms with Crippen LogP contribution in [0.25, 0.3) is 6.08 Å². The topological polar surface area (TPSA) is 39.4 Å². The highest BCUT2D eigenvalue weighted by atomic mass is 16.5. The number of allylic oxidation sites excluding steroid dienone is 1. The molecule has 1 aromatic carbocycles. The van der Waals surface area contributed by atoms with Crippen LogP contribution < -0.4 is 0 Å². The van der Waals surface area contributed by atoms with Gasteiger partial charge in [0.1, 0.15) is 12.4 Å². The summed E-state index contributed by atoms with van der Waals surface area (Å²) in [6.07, 6.45) is 5.85. The number of carbonyl (C=O) groups excluding carboxylic acids is 1. The van der Waals surface area contributed by atoms with Crippen molar-refractivity contribution in [3.63, 3.8) is 0 Å². The third kappa shape index (κ3) is 4.28. The van der Waals surface area contributed by atoms with Crippen LogP contribution in [0.4, 0.5) is 0 Å². The van der Waals surface area contributed by atoms with E-state index >= 15 is 0 Å². The minimum absolute atomic E-state index is 0.132. The minimum Gasteiger partial charge on any atom is -0.466 e. The second-order valence-electron chi connectivity index (χ2n) is 4.28. The first-order valence-corrected chi connectivity index (χ1v) is 6.34. The van der Waals surface area contributed by atoms with Gasteiger partial charge in [-0.3, -0.25) is 0 Å². The van der Waals surface area contributed by atoms with Gasteiger partial charge in [-0.15, -0.1) is 0 Å². The largest absolute Gasteiger partial charge is 0.466 e. The molecule has 0 aliphatic rings. The van der Waals surface area contributed by atoms with Crippen LogP contribution in [0.5, 0.6) is 0 Å². The molecule has 102 valence electrons. The maximum absolute atomic E-state index is 11.7. The maximum Gasteiger partial charge on any atom is 0.334 e. The molecule has 0 atom stereocenters. The van der Waals surface area contributed by atoms with E-state index in [2.05, 4.69) is 6.58 Å². The fourth-order valence-corrected chi connectivity index (χ4v) is 1.62. The summed E-state index contributed by atoms with van der Waals surface area (Å²) in [5.74, 6) is 0.213. The number of hydrogen-bond donors (Lipinski definition) is 0. The van der Waals surface area contributed by atoms with Gasteiger partial charge in [-0.1, -0.05) is 49.1 Å². The molecule has 0 aliphatic carbocycles. The Bertz CT molecular complexity index is 580. The zero-order chi connectivity index (χ0) is 14.2. The Hall–Kier alpha value is -2.55. The lowest BCUT2D eigenvalue weighted by Crippen LogP contribution is -2.06. The zero-order valence-electron chi connectivity index (χ0n) is 11.1. The zero-order valence-corrected chi connectivity index (χ0v) is 11.1. The van der Waals surface area contributed by atoms with E-state index in [1.165, 1.54) is 0 Å². The van der Waals surface area contributed by atoms with Gasteiger partial charge in [0, 0.05) is 5.57 Å². The summed E-state index contributed by atoms with van der Waals surface area (Å²) in [5, 5.41) is 0. The van der Waals surface area contributed by atoms with Crippen LogP contribution in [0, 0.1) is 0 Å². The van der Waals surface area contributed by atoms with Crippen molar-refractivity contribution in [1.29, 1.82) is 0 Å². The van der Waals surface area contributed by atoms with E-state index in [1.807, 2.05) is 42.5 Å². The van der Waals surface area contributed by atoms with E-state index in [-0.39, 0.29) is 6.61 Å². The molecule has 2 rings (SSSR count). The lowest BCUT2D eigenvalue weighted by Gasteiger charge is -2.03. The van der Waals surface area contributed by atoms with Crippen LogP contribution in [0.1, 0.15) is 17.7 Å². The SMILES string of the molecule is C=C(CC=Cc1ccccc1)C(=O)OCc1ccco1. The molecule has 0 radical (unpaired) electrons. The molecule has 0 bridgehead atoms.